The van der Waals surface area contributed by atoms with Crippen LogP contribution in [0.2, 0.25) is 5.02 Å². The highest BCUT2D eigenvalue weighted by atomic mass is 79.9. The van der Waals surface area contributed by atoms with E-state index < -0.39 is 51.9 Å². The molecule has 4 aromatic rings. The molecule has 4 aromatic carbocycles. The van der Waals surface area contributed by atoms with Gasteiger partial charge in [0.2, 0.25) is 11.8 Å². The first-order valence-corrected chi connectivity index (χ1v) is 17.6. The molecular formula is C35H34BrClF3N3O4S. The molecule has 2 amide bonds. The summed E-state index contributed by atoms with van der Waals surface area (Å²) in [6.45, 7) is 3.09. The molecule has 0 heterocycles. The summed E-state index contributed by atoms with van der Waals surface area (Å²) in [4.78, 5) is 29.4. The highest BCUT2D eigenvalue weighted by Gasteiger charge is 2.37. The maximum Gasteiger partial charge on any atom is 0.416 e. The van der Waals surface area contributed by atoms with E-state index in [4.69, 9.17) is 11.6 Å². The topological polar surface area (TPSA) is 86.8 Å². The Bertz CT molecular complexity index is 1830. The Morgan fingerprint density at radius 1 is 0.875 bits per heavy atom. The molecule has 7 nitrogen and oxygen atoms in total. The molecule has 0 saturated heterocycles. The first kappa shape index (κ1) is 37.0. The second kappa shape index (κ2) is 16.0. The number of hydrogen-bond acceptors (Lipinski definition) is 4. The molecule has 48 heavy (non-hydrogen) atoms. The van der Waals surface area contributed by atoms with E-state index in [-0.39, 0.29) is 28.8 Å². The number of alkyl halides is 3. The van der Waals surface area contributed by atoms with Crippen molar-refractivity contribution in [3.63, 3.8) is 0 Å². The molecule has 1 atom stereocenters. The predicted molar refractivity (Wildman–Crippen MR) is 184 cm³/mol. The SMILES string of the molecule is CC(C)CNC(=O)[C@H](Cc1ccccc1)N(Cc1cccc(Br)c1)C(=O)CN(c1cc(C(F)(F)F)ccc1Cl)S(=O)(=O)c1ccccc1. The van der Waals surface area contributed by atoms with Crippen LogP contribution < -0.4 is 9.62 Å². The van der Waals surface area contributed by atoms with Gasteiger partial charge in [-0.1, -0.05) is 102 Å². The zero-order valence-corrected chi connectivity index (χ0v) is 29.3. The van der Waals surface area contributed by atoms with E-state index in [1.54, 1.807) is 54.6 Å². The number of nitrogens with zero attached hydrogens (tertiary/aromatic N) is 2. The Balaban J connectivity index is 1.86. The zero-order chi connectivity index (χ0) is 35.1. The molecule has 0 bridgehead atoms. The van der Waals surface area contributed by atoms with Gasteiger partial charge in [-0.3, -0.25) is 13.9 Å². The van der Waals surface area contributed by atoms with Crippen LogP contribution in [0.4, 0.5) is 18.9 Å². The van der Waals surface area contributed by atoms with Crippen LogP contribution in [0.25, 0.3) is 0 Å². The molecule has 0 unspecified atom stereocenters. The van der Waals surface area contributed by atoms with Crippen molar-refractivity contribution in [1.29, 1.82) is 0 Å². The summed E-state index contributed by atoms with van der Waals surface area (Å²) in [6.07, 6.45) is -4.74. The summed E-state index contributed by atoms with van der Waals surface area (Å²) in [5.41, 5.74) is -0.315. The lowest BCUT2D eigenvalue weighted by Crippen LogP contribution is -2.53. The van der Waals surface area contributed by atoms with Gasteiger partial charge in [-0.2, -0.15) is 13.2 Å². The minimum Gasteiger partial charge on any atom is -0.354 e. The van der Waals surface area contributed by atoms with Gasteiger partial charge in [0.25, 0.3) is 10.0 Å². The average molecular weight is 765 g/mol. The van der Waals surface area contributed by atoms with Crippen LogP contribution in [-0.4, -0.2) is 44.3 Å². The van der Waals surface area contributed by atoms with Crippen molar-refractivity contribution in [1.82, 2.24) is 10.2 Å². The van der Waals surface area contributed by atoms with Gasteiger partial charge < -0.3 is 10.2 Å². The summed E-state index contributed by atoms with van der Waals surface area (Å²) in [7, 11) is -4.65. The van der Waals surface area contributed by atoms with Gasteiger partial charge in [-0.15, -0.1) is 0 Å². The van der Waals surface area contributed by atoms with Crippen molar-refractivity contribution in [3.05, 3.63) is 129 Å². The maximum atomic E-state index is 14.5. The fourth-order valence-electron chi connectivity index (χ4n) is 4.92. The van der Waals surface area contributed by atoms with Gasteiger partial charge >= 0.3 is 6.18 Å². The average Bonchev–Trinajstić information content (AvgIpc) is 3.04. The first-order chi connectivity index (χ1) is 22.7. The van der Waals surface area contributed by atoms with E-state index >= 15 is 0 Å². The van der Waals surface area contributed by atoms with Crippen molar-refractivity contribution in [2.24, 2.45) is 5.92 Å². The van der Waals surface area contributed by atoms with Crippen LogP contribution >= 0.6 is 27.5 Å². The monoisotopic (exact) mass is 763 g/mol. The number of hydrogen-bond donors (Lipinski definition) is 1. The summed E-state index contributed by atoms with van der Waals surface area (Å²) >= 11 is 9.79. The Kier molecular flexibility index (Phi) is 12.3. The number of anilines is 1. The second-order valence-electron chi connectivity index (χ2n) is 11.5. The van der Waals surface area contributed by atoms with E-state index in [9.17, 15) is 31.2 Å². The first-order valence-electron chi connectivity index (χ1n) is 15.0. The summed E-state index contributed by atoms with van der Waals surface area (Å²) in [5, 5.41) is 2.57. The highest BCUT2D eigenvalue weighted by Crippen LogP contribution is 2.37. The van der Waals surface area contributed by atoms with Gasteiger partial charge in [-0.05, 0) is 59.5 Å². The molecule has 0 spiro atoms. The molecule has 0 aliphatic rings. The molecule has 0 aliphatic carbocycles. The van der Waals surface area contributed by atoms with E-state index in [1.165, 1.54) is 29.2 Å². The molecular weight excluding hydrogens is 731 g/mol. The zero-order valence-electron chi connectivity index (χ0n) is 26.1. The minimum absolute atomic E-state index is 0.0836. The lowest BCUT2D eigenvalue weighted by Gasteiger charge is -2.34. The Labute approximate surface area is 291 Å². The molecule has 0 aliphatic heterocycles. The van der Waals surface area contributed by atoms with E-state index in [1.807, 2.05) is 19.9 Å². The van der Waals surface area contributed by atoms with Crippen LogP contribution in [0.1, 0.15) is 30.5 Å². The van der Waals surface area contributed by atoms with Crippen LogP contribution in [0.15, 0.2) is 112 Å². The molecule has 0 radical (unpaired) electrons. The Morgan fingerprint density at radius 2 is 1.50 bits per heavy atom. The fourth-order valence-corrected chi connectivity index (χ4v) is 7.08. The number of carbonyl (C=O) groups excluding carboxylic acids is 2. The summed E-state index contributed by atoms with van der Waals surface area (Å²) < 4.78 is 71.0. The standard InChI is InChI=1S/C35H34BrClF3N3O4S/c1-24(2)21-41-34(45)32(19-25-10-5-3-6-11-25)42(22-26-12-9-13-28(36)18-26)33(44)23-43(48(46,47)29-14-7-4-8-15-29)31-20-27(35(38,39)40)16-17-30(31)37/h3-18,20,24,32H,19,21-23H2,1-2H3,(H,41,45)/t32-/m0/s1. The fraction of sp³-hybridized carbons (Fsp3) is 0.257. The van der Waals surface area contributed by atoms with Crippen LogP contribution in [0.3, 0.4) is 0 Å². The molecule has 1 N–H and O–H groups in total. The number of nitrogens with one attached hydrogen (secondary N) is 1. The van der Waals surface area contributed by atoms with Crippen molar-refractivity contribution < 1.29 is 31.2 Å². The molecule has 0 aromatic heterocycles. The third-order valence-corrected chi connectivity index (χ3v) is 9.94. The predicted octanol–water partition coefficient (Wildman–Crippen LogP) is 7.73. The lowest BCUT2D eigenvalue weighted by atomic mass is 10.0. The Morgan fingerprint density at radius 3 is 2.10 bits per heavy atom. The van der Waals surface area contributed by atoms with Crippen LogP contribution in [0.5, 0.6) is 0 Å². The number of sulfonamides is 1. The van der Waals surface area contributed by atoms with Gasteiger partial charge in [0.05, 0.1) is 21.2 Å². The van der Waals surface area contributed by atoms with E-state index in [0.29, 0.717) is 27.0 Å². The van der Waals surface area contributed by atoms with Crippen molar-refractivity contribution in [3.8, 4) is 0 Å². The third kappa shape index (κ3) is 9.61. The smallest absolute Gasteiger partial charge is 0.354 e. The van der Waals surface area contributed by atoms with Crippen molar-refractivity contribution in [2.45, 2.75) is 43.9 Å². The van der Waals surface area contributed by atoms with Gasteiger partial charge in [0, 0.05) is 24.0 Å². The van der Waals surface area contributed by atoms with Crippen LogP contribution in [-0.2, 0) is 38.8 Å². The molecule has 254 valence electrons. The number of rotatable bonds is 13. The second-order valence-corrected chi connectivity index (χ2v) is 14.7. The molecule has 0 saturated carbocycles. The normalized spacial score (nSPS) is 12.4. The number of carbonyl (C=O) groups is 2. The highest BCUT2D eigenvalue weighted by molar-refractivity contribution is 9.10. The molecule has 0 fully saturated rings. The van der Waals surface area contributed by atoms with Crippen molar-refractivity contribution in [2.75, 3.05) is 17.4 Å². The number of benzene rings is 4. The van der Waals surface area contributed by atoms with Crippen LogP contribution in [0, 0.1) is 5.92 Å². The maximum absolute atomic E-state index is 14.5. The summed E-state index contributed by atoms with van der Waals surface area (Å²) in [6, 6.07) is 24.2. The van der Waals surface area contributed by atoms with E-state index in [2.05, 4.69) is 21.2 Å². The molecule has 13 heteroatoms. The quantitative estimate of drug-likeness (QED) is 0.151. The Hall–Kier alpha value is -3.87. The largest absolute Gasteiger partial charge is 0.416 e. The number of amides is 2. The van der Waals surface area contributed by atoms with Gasteiger partial charge in [0.1, 0.15) is 12.6 Å². The van der Waals surface area contributed by atoms with Crippen molar-refractivity contribution >= 4 is 55.1 Å². The number of halogens is 5. The van der Waals surface area contributed by atoms with Gasteiger partial charge in [0.15, 0.2) is 0 Å². The van der Waals surface area contributed by atoms with Gasteiger partial charge in [-0.25, -0.2) is 8.42 Å². The minimum atomic E-state index is -4.83. The van der Waals surface area contributed by atoms with E-state index in [0.717, 1.165) is 17.7 Å². The molecule has 4 rings (SSSR count). The lowest BCUT2D eigenvalue weighted by molar-refractivity contribution is -0.140. The summed E-state index contributed by atoms with van der Waals surface area (Å²) in [5.74, 6) is -1.20. The third-order valence-electron chi connectivity index (χ3n) is 7.35.